The summed E-state index contributed by atoms with van der Waals surface area (Å²) in [7, 11) is 0. The van der Waals surface area contributed by atoms with Crippen LogP contribution in [0.15, 0.2) is 71.9 Å². The van der Waals surface area contributed by atoms with Crippen LogP contribution in [0.2, 0.25) is 5.02 Å². The predicted octanol–water partition coefficient (Wildman–Crippen LogP) is 5.48. The lowest BCUT2D eigenvalue weighted by molar-refractivity contribution is 1.28. The molecule has 124 valence electrons. The molecule has 0 aromatic heterocycles. The van der Waals surface area contributed by atoms with Crippen LogP contribution in [0.25, 0.3) is 40.5 Å². The highest BCUT2D eigenvalue weighted by molar-refractivity contribution is 6.33. The number of benzene rings is 3. The summed E-state index contributed by atoms with van der Waals surface area (Å²) in [4.78, 5) is 4.78. The van der Waals surface area contributed by atoms with Crippen molar-refractivity contribution in [3.05, 3.63) is 93.6 Å². The Balaban J connectivity index is 1.87. The second-order valence-electron chi connectivity index (χ2n) is 6.50. The Morgan fingerprint density at radius 2 is 1.73 bits per heavy atom. The lowest BCUT2D eigenvalue weighted by Gasteiger charge is -2.14. The Hall–Kier alpha value is -2.90. The second kappa shape index (κ2) is 6.12. The molecule has 0 atom stereocenters. The van der Waals surface area contributed by atoms with Crippen molar-refractivity contribution in [2.75, 3.05) is 0 Å². The molecule has 2 aliphatic rings. The molecular formula is C24H16ClN. The monoisotopic (exact) mass is 353 g/mol. The molecule has 26 heavy (non-hydrogen) atoms. The molecular weight excluding hydrogens is 338 g/mol. The van der Waals surface area contributed by atoms with E-state index in [4.69, 9.17) is 16.6 Å². The van der Waals surface area contributed by atoms with Crippen molar-refractivity contribution in [2.24, 2.45) is 4.99 Å². The van der Waals surface area contributed by atoms with E-state index in [0.29, 0.717) is 0 Å². The Morgan fingerprint density at radius 3 is 2.62 bits per heavy atom. The zero-order chi connectivity index (χ0) is 17.5. The summed E-state index contributed by atoms with van der Waals surface area (Å²) in [6.45, 7) is 0. The fourth-order valence-electron chi connectivity index (χ4n) is 3.81. The van der Waals surface area contributed by atoms with E-state index in [1.165, 1.54) is 16.3 Å². The van der Waals surface area contributed by atoms with Crippen LogP contribution in [-0.2, 0) is 0 Å². The van der Waals surface area contributed by atoms with Crippen molar-refractivity contribution in [2.45, 2.75) is 6.42 Å². The van der Waals surface area contributed by atoms with Crippen molar-refractivity contribution in [1.29, 1.82) is 0 Å². The molecule has 0 radical (unpaired) electrons. The average Bonchev–Trinajstić information content (AvgIpc) is 2.89. The van der Waals surface area contributed by atoms with E-state index in [1.54, 1.807) is 0 Å². The van der Waals surface area contributed by atoms with Crippen LogP contribution in [0.4, 0.5) is 0 Å². The third kappa shape index (κ3) is 2.36. The lowest BCUT2D eigenvalue weighted by atomic mass is 9.90. The minimum atomic E-state index is 0.748. The molecule has 5 rings (SSSR count). The first-order chi connectivity index (χ1) is 12.8. The first-order valence-corrected chi connectivity index (χ1v) is 9.13. The van der Waals surface area contributed by atoms with Gasteiger partial charge in [-0.25, -0.2) is 0 Å². The van der Waals surface area contributed by atoms with Gasteiger partial charge in [0.1, 0.15) is 0 Å². The predicted molar refractivity (Wildman–Crippen MR) is 110 cm³/mol. The second-order valence-corrected chi connectivity index (χ2v) is 6.91. The third-order valence-electron chi connectivity index (χ3n) is 4.98. The van der Waals surface area contributed by atoms with Crippen LogP contribution in [0.3, 0.4) is 0 Å². The van der Waals surface area contributed by atoms with E-state index in [9.17, 15) is 0 Å². The van der Waals surface area contributed by atoms with Crippen LogP contribution >= 0.6 is 11.6 Å². The molecule has 0 fully saturated rings. The van der Waals surface area contributed by atoms with Gasteiger partial charge in [0.05, 0.1) is 10.4 Å². The van der Waals surface area contributed by atoms with Crippen molar-refractivity contribution in [3.8, 4) is 22.3 Å². The molecule has 0 amide bonds. The minimum Gasteiger partial charge on any atom is -0.256 e. The standard InChI is InChI=1S/C24H16ClN/c25-22-15-17-9-4-5-10-19(17)24-23(22)21-12-6-11-18(20(21)13-14-26-24)16-7-2-1-3-8-16/h1-4,6-15H,5H2. The van der Waals surface area contributed by atoms with Crippen LogP contribution in [-0.4, -0.2) is 0 Å². The van der Waals surface area contributed by atoms with Gasteiger partial charge in [-0.15, -0.1) is 0 Å². The molecule has 0 saturated carbocycles. The van der Waals surface area contributed by atoms with Gasteiger partial charge in [-0.2, -0.15) is 0 Å². The smallest absolute Gasteiger partial charge is 0.0798 e. The number of allylic oxidation sites excluding steroid dienone is 1. The number of nitrogens with zero attached hydrogens (tertiary/aromatic N) is 1. The van der Waals surface area contributed by atoms with Crippen LogP contribution in [0.5, 0.6) is 0 Å². The summed E-state index contributed by atoms with van der Waals surface area (Å²) in [5, 5.41) is 2.89. The molecule has 0 saturated heterocycles. The van der Waals surface area contributed by atoms with E-state index >= 15 is 0 Å². The van der Waals surface area contributed by atoms with E-state index in [-0.39, 0.29) is 0 Å². The van der Waals surface area contributed by atoms with Gasteiger partial charge in [-0.05, 0) is 46.4 Å². The number of fused-ring (bicyclic) bond motifs is 5. The first kappa shape index (κ1) is 15.4. The number of hydrogen-bond donors (Lipinski definition) is 0. The molecule has 3 aromatic carbocycles. The summed E-state index contributed by atoms with van der Waals surface area (Å²) < 4.78 is 0. The summed E-state index contributed by atoms with van der Waals surface area (Å²) in [6, 6.07) is 18.9. The van der Waals surface area contributed by atoms with Gasteiger partial charge in [-0.1, -0.05) is 78.4 Å². The van der Waals surface area contributed by atoms with Crippen molar-refractivity contribution >= 4 is 29.8 Å². The maximum absolute atomic E-state index is 6.74. The molecule has 0 spiro atoms. The summed E-state index contributed by atoms with van der Waals surface area (Å²) in [5.74, 6) is 0. The van der Waals surface area contributed by atoms with E-state index in [0.717, 1.165) is 39.1 Å². The Kier molecular flexibility index (Phi) is 3.62. The Labute approximate surface area is 157 Å². The van der Waals surface area contributed by atoms with Gasteiger partial charge in [0.15, 0.2) is 0 Å². The molecule has 2 heteroatoms. The molecule has 0 N–H and O–H groups in total. The van der Waals surface area contributed by atoms with Crippen LogP contribution < -0.4 is 10.6 Å². The number of rotatable bonds is 1. The zero-order valence-corrected chi connectivity index (χ0v) is 14.9. The van der Waals surface area contributed by atoms with Crippen molar-refractivity contribution < 1.29 is 0 Å². The highest BCUT2D eigenvalue weighted by Gasteiger charge is 2.17. The Morgan fingerprint density at radius 1 is 0.885 bits per heavy atom. The van der Waals surface area contributed by atoms with Gasteiger partial charge in [0, 0.05) is 17.0 Å². The fourth-order valence-corrected chi connectivity index (χ4v) is 4.12. The summed E-state index contributed by atoms with van der Waals surface area (Å²) >= 11 is 6.74. The maximum atomic E-state index is 6.74. The molecule has 3 aromatic rings. The SMILES string of the molecule is Clc1cc2c(c3c1-c1cccc(-c4ccccc4)c1C=CN=3)=CCC=C2. The van der Waals surface area contributed by atoms with Gasteiger partial charge in [0.2, 0.25) is 0 Å². The fraction of sp³-hybridized carbons (Fsp3) is 0.0417. The molecule has 0 bridgehead atoms. The molecule has 0 unspecified atom stereocenters. The average molecular weight is 354 g/mol. The van der Waals surface area contributed by atoms with Gasteiger partial charge >= 0.3 is 0 Å². The van der Waals surface area contributed by atoms with Crippen molar-refractivity contribution in [3.63, 3.8) is 0 Å². The van der Waals surface area contributed by atoms with Gasteiger partial charge in [0.25, 0.3) is 0 Å². The van der Waals surface area contributed by atoms with Crippen molar-refractivity contribution in [1.82, 2.24) is 0 Å². The zero-order valence-electron chi connectivity index (χ0n) is 14.1. The van der Waals surface area contributed by atoms with Gasteiger partial charge < -0.3 is 0 Å². The minimum absolute atomic E-state index is 0.748. The highest BCUT2D eigenvalue weighted by atomic mass is 35.5. The summed E-state index contributed by atoms with van der Waals surface area (Å²) in [6.07, 6.45) is 11.4. The third-order valence-corrected chi connectivity index (χ3v) is 5.28. The quantitative estimate of drug-likeness (QED) is 0.549. The molecule has 1 nitrogen and oxygen atoms in total. The van der Waals surface area contributed by atoms with E-state index in [1.807, 2.05) is 12.3 Å². The number of halogens is 1. The lowest BCUT2D eigenvalue weighted by Crippen LogP contribution is -2.30. The molecule has 1 aliphatic carbocycles. The first-order valence-electron chi connectivity index (χ1n) is 8.75. The summed E-state index contributed by atoms with van der Waals surface area (Å²) in [5.41, 5.74) is 6.85. The highest BCUT2D eigenvalue weighted by Crippen LogP contribution is 2.36. The molecule has 1 aliphatic heterocycles. The van der Waals surface area contributed by atoms with E-state index < -0.39 is 0 Å². The van der Waals surface area contributed by atoms with Crippen LogP contribution in [0.1, 0.15) is 17.5 Å². The topological polar surface area (TPSA) is 12.4 Å². The van der Waals surface area contributed by atoms with Gasteiger partial charge in [-0.3, -0.25) is 4.99 Å². The Bertz CT molecular complexity index is 1200. The molecule has 1 heterocycles. The largest absolute Gasteiger partial charge is 0.256 e. The number of hydrogen-bond acceptors (Lipinski definition) is 1. The normalized spacial score (nSPS) is 13.7. The van der Waals surface area contributed by atoms with Crippen LogP contribution in [0, 0.1) is 0 Å². The maximum Gasteiger partial charge on any atom is 0.0798 e. The van der Waals surface area contributed by atoms with E-state index in [2.05, 4.69) is 72.8 Å².